The van der Waals surface area contributed by atoms with Gasteiger partial charge in [0.2, 0.25) is 0 Å². The van der Waals surface area contributed by atoms with Crippen molar-refractivity contribution in [3.8, 4) is 10.8 Å². The normalized spacial score (nSPS) is 10.6. The predicted octanol–water partition coefficient (Wildman–Crippen LogP) is 4.36. The summed E-state index contributed by atoms with van der Waals surface area (Å²) in [5, 5.41) is 9.43. The molecule has 0 aliphatic rings. The molecule has 0 aliphatic carbocycles. The molecule has 0 aliphatic heterocycles. The van der Waals surface area contributed by atoms with Crippen molar-refractivity contribution < 1.29 is 14.6 Å². The third-order valence-corrected chi connectivity index (χ3v) is 3.49. The van der Waals surface area contributed by atoms with Crippen molar-refractivity contribution >= 4 is 17.3 Å². The van der Waals surface area contributed by atoms with Gasteiger partial charge < -0.3 is 9.84 Å². The van der Waals surface area contributed by atoms with Gasteiger partial charge in [-0.15, -0.1) is 0 Å². The number of ether oxygens (including phenoxy) is 1. The lowest BCUT2D eigenvalue weighted by atomic mass is 10.0. The summed E-state index contributed by atoms with van der Waals surface area (Å²) in [7, 11) is 0. The highest BCUT2D eigenvalue weighted by atomic mass is 32.1. The van der Waals surface area contributed by atoms with Crippen molar-refractivity contribution in [2.45, 2.75) is 19.8 Å². The quantitative estimate of drug-likeness (QED) is 0.890. The van der Waals surface area contributed by atoms with Gasteiger partial charge in [-0.2, -0.15) is 0 Å². The molecule has 94 valence electrons. The Balaban J connectivity index is 2.17. The van der Waals surface area contributed by atoms with Crippen LogP contribution in [0.2, 0.25) is 0 Å². The zero-order valence-corrected chi connectivity index (χ0v) is 11.0. The molecule has 2 rings (SSSR count). The topological polar surface area (TPSA) is 46.5 Å². The van der Waals surface area contributed by atoms with E-state index in [1.54, 1.807) is 12.1 Å². The van der Waals surface area contributed by atoms with Gasteiger partial charge in [0.15, 0.2) is 5.06 Å². The van der Waals surface area contributed by atoms with Gasteiger partial charge in [0.1, 0.15) is 10.6 Å². The van der Waals surface area contributed by atoms with E-state index in [0.29, 0.717) is 11.0 Å². The van der Waals surface area contributed by atoms with Gasteiger partial charge in [0.05, 0.1) is 0 Å². The number of carbonyl (C=O) groups is 1. The maximum atomic E-state index is 10.8. The minimum atomic E-state index is -0.925. The molecule has 0 unspecified atom stereocenters. The van der Waals surface area contributed by atoms with Crippen molar-refractivity contribution in [2.24, 2.45) is 0 Å². The van der Waals surface area contributed by atoms with Crippen LogP contribution in [0, 0.1) is 0 Å². The lowest BCUT2D eigenvalue weighted by Crippen LogP contribution is -1.89. The molecule has 3 nitrogen and oxygen atoms in total. The van der Waals surface area contributed by atoms with Crippen LogP contribution in [0.1, 0.15) is 35.0 Å². The van der Waals surface area contributed by atoms with Gasteiger partial charge in [-0.1, -0.05) is 37.3 Å². The Morgan fingerprint density at radius 3 is 2.67 bits per heavy atom. The Hall–Kier alpha value is -1.81. The zero-order valence-electron chi connectivity index (χ0n) is 10.2. The molecule has 1 aromatic heterocycles. The van der Waals surface area contributed by atoms with Crippen molar-refractivity contribution in [3.63, 3.8) is 0 Å². The summed E-state index contributed by atoms with van der Waals surface area (Å²) < 4.78 is 5.66. The molecule has 0 fully saturated rings. The van der Waals surface area contributed by atoms with Crippen LogP contribution in [0.15, 0.2) is 36.4 Å². The van der Waals surface area contributed by atoms with Gasteiger partial charge in [-0.25, -0.2) is 4.79 Å². The number of benzene rings is 1. The van der Waals surface area contributed by atoms with Crippen LogP contribution < -0.4 is 4.74 Å². The molecule has 0 spiro atoms. The minimum Gasteiger partial charge on any atom is -0.477 e. The largest absolute Gasteiger partial charge is 0.477 e. The highest BCUT2D eigenvalue weighted by Gasteiger charge is 2.08. The van der Waals surface area contributed by atoms with Crippen LogP contribution in [0.3, 0.4) is 0 Å². The Labute approximate surface area is 110 Å². The number of aromatic carboxylic acids is 1. The monoisotopic (exact) mass is 262 g/mol. The molecule has 0 atom stereocenters. The van der Waals surface area contributed by atoms with Crippen LogP contribution in [-0.2, 0) is 0 Å². The van der Waals surface area contributed by atoms with Gasteiger partial charge >= 0.3 is 5.97 Å². The third-order valence-electron chi connectivity index (χ3n) is 2.54. The maximum Gasteiger partial charge on any atom is 0.345 e. The van der Waals surface area contributed by atoms with E-state index in [1.807, 2.05) is 18.2 Å². The van der Waals surface area contributed by atoms with E-state index >= 15 is 0 Å². The fourth-order valence-electron chi connectivity index (χ4n) is 1.54. The molecular weight excluding hydrogens is 248 g/mol. The molecule has 0 radical (unpaired) electrons. The van der Waals surface area contributed by atoms with Crippen LogP contribution in [0.4, 0.5) is 0 Å². The summed E-state index contributed by atoms with van der Waals surface area (Å²) in [5.74, 6) is 0.247. The van der Waals surface area contributed by atoms with Crippen molar-refractivity contribution in [1.29, 1.82) is 0 Å². The zero-order chi connectivity index (χ0) is 13.1. The van der Waals surface area contributed by atoms with Crippen LogP contribution in [-0.4, -0.2) is 11.1 Å². The van der Waals surface area contributed by atoms with Gasteiger partial charge in [0.25, 0.3) is 0 Å². The van der Waals surface area contributed by atoms with Crippen LogP contribution >= 0.6 is 11.3 Å². The first-order valence-corrected chi connectivity index (χ1v) is 6.49. The summed E-state index contributed by atoms with van der Waals surface area (Å²) in [6, 6.07) is 11.1. The highest BCUT2D eigenvalue weighted by molar-refractivity contribution is 7.15. The number of carboxylic acids is 1. The van der Waals surface area contributed by atoms with E-state index in [0.717, 1.165) is 17.1 Å². The summed E-state index contributed by atoms with van der Waals surface area (Å²) in [5.41, 5.74) is 1.20. The predicted molar refractivity (Wildman–Crippen MR) is 71.9 cm³/mol. The van der Waals surface area contributed by atoms with E-state index < -0.39 is 5.97 Å². The highest BCUT2D eigenvalue weighted by Crippen LogP contribution is 2.30. The molecule has 18 heavy (non-hydrogen) atoms. The first kappa shape index (κ1) is 12.6. The van der Waals surface area contributed by atoms with Crippen LogP contribution in [0.25, 0.3) is 0 Å². The maximum absolute atomic E-state index is 10.8. The van der Waals surface area contributed by atoms with E-state index in [4.69, 9.17) is 9.84 Å². The number of hydrogen-bond acceptors (Lipinski definition) is 3. The van der Waals surface area contributed by atoms with Crippen molar-refractivity contribution in [1.82, 2.24) is 0 Å². The summed E-state index contributed by atoms with van der Waals surface area (Å²) in [6.45, 7) is 4.24. The summed E-state index contributed by atoms with van der Waals surface area (Å²) >= 11 is 1.13. The number of hydrogen-bond donors (Lipinski definition) is 1. The Kier molecular flexibility index (Phi) is 3.67. The van der Waals surface area contributed by atoms with Crippen molar-refractivity contribution in [3.05, 3.63) is 46.8 Å². The molecule has 1 heterocycles. The second kappa shape index (κ2) is 5.23. The van der Waals surface area contributed by atoms with Gasteiger partial charge in [-0.05, 0) is 35.7 Å². The summed E-state index contributed by atoms with van der Waals surface area (Å²) in [6.07, 6.45) is 0. The van der Waals surface area contributed by atoms with Gasteiger partial charge in [0, 0.05) is 0 Å². The van der Waals surface area contributed by atoms with Gasteiger partial charge in [-0.3, -0.25) is 0 Å². The average Bonchev–Trinajstić information content (AvgIpc) is 2.78. The standard InChI is InChI=1S/C14H14O3S/c1-9(2)10-4-3-5-11(8-10)17-13-7-6-12(18-13)14(15)16/h3-9H,1-2H3,(H,15,16). The molecule has 0 amide bonds. The Morgan fingerprint density at radius 2 is 2.06 bits per heavy atom. The molecule has 1 aromatic carbocycles. The van der Waals surface area contributed by atoms with E-state index in [1.165, 1.54) is 5.56 Å². The SMILES string of the molecule is CC(C)c1cccc(Oc2ccc(C(=O)O)s2)c1. The number of carboxylic acid groups (broad SMARTS) is 1. The lowest BCUT2D eigenvalue weighted by molar-refractivity contribution is 0.0702. The van der Waals surface area contributed by atoms with Crippen LogP contribution in [0.5, 0.6) is 10.8 Å². The van der Waals surface area contributed by atoms with E-state index in [2.05, 4.69) is 19.9 Å². The molecule has 2 aromatic rings. The minimum absolute atomic E-state index is 0.282. The molecule has 0 bridgehead atoms. The Bertz CT molecular complexity index is 558. The van der Waals surface area contributed by atoms with Crippen molar-refractivity contribution in [2.75, 3.05) is 0 Å². The average molecular weight is 262 g/mol. The van der Waals surface area contributed by atoms with E-state index in [-0.39, 0.29) is 4.88 Å². The molecule has 4 heteroatoms. The molecule has 0 saturated heterocycles. The first-order valence-electron chi connectivity index (χ1n) is 5.67. The fraction of sp³-hybridized carbons (Fsp3) is 0.214. The Morgan fingerprint density at radius 1 is 1.28 bits per heavy atom. The molecular formula is C14H14O3S. The fourth-order valence-corrected chi connectivity index (χ4v) is 2.26. The molecule has 0 saturated carbocycles. The van der Waals surface area contributed by atoms with E-state index in [9.17, 15) is 4.79 Å². The molecule has 1 N–H and O–H groups in total. The first-order chi connectivity index (χ1) is 8.56. The lowest BCUT2D eigenvalue weighted by Gasteiger charge is -2.08. The number of rotatable bonds is 4. The second-order valence-corrected chi connectivity index (χ2v) is 5.30. The second-order valence-electron chi connectivity index (χ2n) is 4.25. The summed E-state index contributed by atoms with van der Waals surface area (Å²) in [4.78, 5) is 11.0. The smallest absolute Gasteiger partial charge is 0.345 e. The third kappa shape index (κ3) is 2.90. The number of thiophene rings is 1.